The van der Waals surface area contributed by atoms with Crippen LogP contribution in [0.3, 0.4) is 0 Å². The molecule has 2 N–H and O–H groups in total. The van der Waals surface area contributed by atoms with Gasteiger partial charge >= 0.3 is 0 Å². The van der Waals surface area contributed by atoms with Crippen LogP contribution in [0.25, 0.3) is 0 Å². The molecule has 0 aliphatic rings. The molecule has 0 spiro atoms. The second-order valence-electron chi connectivity index (χ2n) is 3.97. The lowest BCUT2D eigenvalue weighted by molar-refractivity contribution is 0.415. The predicted octanol–water partition coefficient (Wildman–Crippen LogP) is 3.70. The zero-order chi connectivity index (χ0) is 13.1. The number of rotatable bonds is 3. The van der Waals surface area contributed by atoms with Crippen molar-refractivity contribution in [1.82, 2.24) is 0 Å². The lowest BCUT2D eigenvalue weighted by Gasteiger charge is -2.21. The molecule has 3 nitrogen and oxygen atoms in total. The zero-order valence-corrected chi connectivity index (χ0v) is 11.1. The summed E-state index contributed by atoms with van der Waals surface area (Å²) in [5.41, 5.74) is 8.25. The van der Waals surface area contributed by atoms with E-state index in [1.165, 1.54) is 0 Å². The Kier molecular flexibility index (Phi) is 3.63. The molecule has 0 aliphatic carbocycles. The van der Waals surface area contributed by atoms with E-state index in [0.717, 1.165) is 17.1 Å². The number of hydrogen-bond acceptors (Lipinski definition) is 3. The van der Waals surface area contributed by atoms with E-state index in [9.17, 15) is 0 Å². The van der Waals surface area contributed by atoms with E-state index in [2.05, 4.69) is 0 Å². The van der Waals surface area contributed by atoms with E-state index in [1.54, 1.807) is 13.2 Å². The first-order chi connectivity index (χ1) is 8.61. The average Bonchev–Trinajstić information content (AvgIpc) is 2.38. The molecule has 2 rings (SSSR count). The lowest BCUT2D eigenvalue weighted by atomic mass is 10.2. The van der Waals surface area contributed by atoms with Gasteiger partial charge in [0.25, 0.3) is 0 Å². The number of hydrogen-bond donors (Lipinski definition) is 1. The zero-order valence-electron chi connectivity index (χ0n) is 10.4. The van der Waals surface area contributed by atoms with Gasteiger partial charge in [-0.05, 0) is 30.3 Å². The number of nitrogen functional groups attached to an aromatic ring is 1. The summed E-state index contributed by atoms with van der Waals surface area (Å²) < 4.78 is 5.21. The summed E-state index contributed by atoms with van der Waals surface area (Å²) in [6, 6.07) is 13.3. The maximum Gasteiger partial charge on any atom is 0.120 e. The number of anilines is 3. The molecule has 0 atom stereocenters. The summed E-state index contributed by atoms with van der Waals surface area (Å²) in [7, 11) is 3.60. The topological polar surface area (TPSA) is 38.5 Å². The van der Waals surface area contributed by atoms with Crippen LogP contribution in [-0.2, 0) is 0 Å². The molecule has 0 saturated carbocycles. The molecule has 94 valence electrons. The van der Waals surface area contributed by atoms with Crippen molar-refractivity contribution < 1.29 is 4.74 Å². The second-order valence-corrected chi connectivity index (χ2v) is 4.38. The minimum atomic E-state index is 0.625. The number of methoxy groups -OCH3 is 1. The number of ether oxygens (including phenoxy) is 1. The Morgan fingerprint density at radius 2 is 1.94 bits per heavy atom. The van der Waals surface area contributed by atoms with Crippen LogP contribution in [0.4, 0.5) is 17.1 Å². The Bertz CT molecular complexity index is 557. The van der Waals surface area contributed by atoms with E-state index >= 15 is 0 Å². The molecule has 18 heavy (non-hydrogen) atoms. The Morgan fingerprint density at radius 3 is 2.61 bits per heavy atom. The van der Waals surface area contributed by atoms with E-state index in [0.29, 0.717) is 10.7 Å². The monoisotopic (exact) mass is 262 g/mol. The number of halogens is 1. The molecule has 0 amide bonds. The largest absolute Gasteiger partial charge is 0.497 e. The van der Waals surface area contributed by atoms with Gasteiger partial charge in [-0.25, -0.2) is 0 Å². The van der Waals surface area contributed by atoms with Crippen molar-refractivity contribution >= 4 is 28.7 Å². The van der Waals surface area contributed by atoms with Crippen molar-refractivity contribution in [3.63, 3.8) is 0 Å². The fourth-order valence-electron chi connectivity index (χ4n) is 1.75. The summed E-state index contributed by atoms with van der Waals surface area (Å²) in [6.07, 6.45) is 0. The van der Waals surface area contributed by atoms with Crippen molar-refractivity contribution in [2.45, 2.75) is 0 Å². The Balaban J connectivity index is 2.37. The molecule has 0 aromatic heterocycles. The van der Waals surface area contributed by atoms with Crippen LogP contribution in [0.1, 0.15) is 0 Å². The fourth-order valence-corrected chi connectivity index (χ4v) is 2.07. The van der Waals surface area contributed by atoms with Crippen LogP contribution in [0.5, 0.6) is 5.75 Å². The highest BCUT2D eigenvalue weighted by molar-refractivity contribution is 6.33. The van der Waals surface area contributed by atoms with Crippen molar-refractivity contribution in [2.75, 3.05) is 24.8 Å². The maximum absolute atomic E-state index is 6.20. The molecule has 0 heterocycles. The van der Waals surface area contributed by atoms with E-state index < -0.39 is 0 Å². The molecule has 0 bridgehead atoms. The summed E-state index contributed by atoms with van der Waals surface area (Å²) in [4.78, 5) is 1.99. The average molecular weight is 263 g/mol. The van der Waals surface area contributed by atoms with Gasteiger partial charge in [0.05, 0.1) is 17.8 Å². The first-order valence-electron chi connectivity index (χ1n) is 5.54. The molecule has 0 unspecified atom stereocenters. The van der Waals surface area contributed by atoms with Gasteiger partial charge in [-0.15, -0.1) is 0 Å². The molecule has 4 heteroatoms. The highest BCUT2D eigenvalue weighted by Gasteiger charge is 2.09. The van der Waals surface area contributed by atoms with Crippen LogP contribution in [0, 0.1) is 0 Å². The highest BCUT2D eigenvalue weighted by atomic mass is 35.5. The first-order valence-corrected chi connectivity index (χ1v) is 5.92. The molecule has 0 saturated heterocycles. The molecule has 0 fully saturated rings. The summed E-state index contributed by atoms with van der Waals surface area (Å²) >= 11 is 6.20. The van der Waals surface area contributed by atoms with Crippen molar-refractivity contribution in [2.24, 2.45) is 0 Å². The van der Waals surface area contributed by atoms with E-state index in [4.69, 9.17) is 22.1 Å². The Morgan fingerprint density at radius 1 is 1.17 bits per heavy atom. The van der Waals surface area contributed by atoms with Gasteiger partial charge in [0.2, 0.25) is 0 Å². The van der Waals surface area contributed by atoms with Gasteiger partial charge in [0, 0.05) is 24.5 Å². The maximum atomic E-state index is 6.20. The van der Waals surface area contributed by atoms with Gasteiger partial charge in [0.1, 0.15) is 5.75 Å². The van der Waals surface area contributed by atoms with E-state index in [-0.39, 0.29) is 0 Å². The predicted molar refractivity (Wildman–Crippen MR) is 76.9 cm³/mol. The number of benzene rings is 2. The third-order valence-electron chi connectivity index (χ3n) is 2.77. The number of nitrogens with zero attached hydrogens (tertiary/aromatic N) is 1. The number of nitrogens with two attached hydrogens (primary N) is 1. The molecular weight excluding hydrogens is 248 g/mol. The molecular formula is C14H15ClN2O. The second kappa shape index (κ2) is 5.19. The van der Waals surface area contributed by atoms with Gasteiger partial charge in [-0.1, -0.05) is 17.7 Å². The molecule has 2 aromatic rings. The smallest absolute Gasteiger partial charge is 0.120 e. The van der Waals surface area contributed by atoms with Crippen LogP contribution < -0.4 is 15.4 Å². The minimum Gasteiger partial charge on any atom is -0.497 e. The highest BCUT2D eigenvalue weighted by Crippen LogP contribution is 2.33. The Labute approximate surface area is 112 Å². The summed E-state index contributed by atoms with van der Waals surface area (Å²) in [5, 5.41) is 0.625. The van der Waals surface area contributed by atoms with Crippen molar-refractivity contribution in [3.05, 3.63) is 47.5 Å². The molecule has 2 aromatic carbocycles. The van der Waals surface area contributed by atoms with Crippen LogP contribution in [0.15, 0.2) is 42.5 Å². The summed E-state index contributed by atoms with van der Waals surface area (Å²) in [5.74, 6) is 0.811. The molecule has 0 radical (unpaired) electrons. The van der Waals surface area contributed by atoms with Crippen molar-refractivity contribution in [3.8, 4) is 5.75 Å². The van der Waals surface area contributed by atoms with Crippen LogP contribution in [-0.4, -0.2) is 14.2 Å². The van der Waals surface area contributed by atoms with Crippen LogP contribution >= 0.6 is 11.6 Å². The Hall–Kier alpha value is -1.87. The van der Waals surface area contributed by atoms with Gasteiger partial charge in [-0.3, -0.25) is 0 Å². The third kappa shape index (κ3) is 2.51. The minimum absolute atomic E-state index is 0.625. The quantitative estimate of drug-likeness (QED) is 0.858. The van der Waals surface area contributed by atoms with Crippen LogP contribution in [0.2, 0.25) is 5.02 Å². The normalized spacial score (nSPS) is 10.2. The van der Waals surface area contributed by atoms with E-state index in [1.807, 2.05) is 48.3 Å². The van der Waals surface area contributed by atoms with Crippen molar-refractivity contribution in [1.29, 1.82) is 0 Å². The van der Waals surface area contributed by atoms with Gasteiger partial charge < -0.3 is 15.4 Å². The summed E-state index contributed by atoms with van der Waals surface area (Å²) in [6.45, 7) is 0. The standard InChI is InChI=1S/C14H15ClN2O/c1-17(11-4-3-5-12(9-11)18-2)14-7-6-10(16)8-13(14)15/h3-9H,16H2,1-2H3. The van der Waals surface area contributed by atoms with Gasteiger partial charge in [0.15, 0.2) is 0 Å². The molecule has 0 aliphatic heterocycles. The first kappa shape index (κ1) is 12.6. The van der Waals surface area contributed by atoms with Gasteiger partial charge in [-0.2, -0.15) is 0 Å². The SMILES string of the molecule is COc1cccc(N(C)c2ccc(N)cc2Cl)c1. The lowest BCUT2D eigenvalue weighted by Crippen LogP contribution is -2.10. The third-order valence-corrected chi connectivity index (χ3v) is 3.08. The fraction of sp³-hybridized carbons (Fsp3) is 0.143.